The maximum atomic E-state index is 12.1. The Kier molecular flexibility index (Phi) is 5.39. The monoisotopic (exact) mass is 369 g/mol. The highest BCUT2D eigenvalue weighted by molar-refractivity contribution is 9.10. The van der Waals surface area contributed by atoms with Gasteiger partial charge in [0.25, 0.3) is 0 Å². The minimum Gasteiger partial charge on any atom is -0.493 e. The molecule has 0 aliphatic rings. The Morgan fingerprint density at radius 2 is 1.81 bits per heavy atom. The molecule has 0 fully saturated rings. The van der Waals surface area contributed by atoms with Crippen molar-refractivity contribution in [2.75, 3.05) is 12.4 Å². The Balaban J connectivity index is 1.97. The molecule has 2 N–H and O–H groups in total. The average Bonchev–Trinajstić information content (AvgIpc) is 2.48. The van der Waals surface area contributed by atoms with Gasteiger partial charge < -0.3 is 10.5 Å². The maximum absolute atomic E-state index is 12.1. The van der Waals surface area contributed by atoms with E-state index in [1.807, 2.05) is 18.2 Å². The molecule has 0 aromatic heterocycles. The molecule has 0 aliphatic carbocycles. The SMILES string of the molecule is NCc1cccc(OCCS(=O)(=O)c2ccc(Br)cc2)c1. The zero-order chi connectivity index (χ0) is 15.3. The maximum Gasteiger partial charge on any atom is 0.181 e. The van der Waals surface area contributed by atoms with Gasteiger partial charge in [-0.05, 0) is 42.0 Å². The largest absolute Gasteiger partial charge is 0.493 e. The van der Waals surface area contributed by atoms with E-state index in [1.165, 1.54) is 0 Å². The van der Waals surface area contributed by atoms with Gasteiger partial charge in [-0.25, -0.2) is 8.42 Å². The van der Waals surface area contributed by atoms with Gasteiger partial charge in [0.05, 0.1) is 10.6 Å². The van der Waals surface area contributed by atoms with Crippen LogP contribution in [0.15, 0.2) is 57.9 Å². The van der Waals surface area contributed by atoms with E-state index in [0.717, 1.165) is 10.0 Å². The molecule has 6 heteroatoms. The lowest BCUT2D eigenvalue weighted by Crippen LogP contribution is -2.14. The van der Waals surface area contributed by atoms with E-state index >= 15 is 0 Å². The summed E-state index contributed by atoms with van der Waals surface area (Å²) in [6, 6.07) is 13.9. The summed E-state index contributed by atoms with van der Waals surface area (Å²) in [5, 5.41) is 0. The van der Waals surface area contributed by atoms with Gasteiger partial charge in [-0.15, -0.1) is 0 Å². The minimum atomic E-state index is -3.33. The Morgan fingerprint density at radius 3 is 2.48 bits per heavy atom. The quantitative estimate of drug-likeness (QED) is 0.849. The topological polar surface area (TPSA) is 69.4 Å². The van der Waals surface area contributed by atoms with Gasteiger partial charge in [-0.1, -0.05) is 28.1 Å². The highest BCUT2D eigenvalue weighted by Gasteiger charge is 2.14. The first-order valence-corrected chi connectivity index (χ1v) is 8.86. The van der Waals surface area contributed by atoms with Crippen molar-refractivity contribution in [3.05, 3.63) is 58.6 Å². The van der Waals surface area contributed by atoms with Gasteiger partial charge in [0, 0.05) is 11.0 Å². The molecule has 2 aromatic rings. The summed E-state index contributed by atoms with van der Waals surface area (Å²) in [5.74, 6) is 0.561. The van der Waals surface area contributed by atoms with Crippen molar-refractivity contribution in [1.82, 2.24) is 0 Å². The summed E-state index contributed by atoms with van der Waals surface area (Å²) >= 11 is 3.28. The van der Waals surface area contributed by atoms with E-state index in [9.17, 15) is 8.42 Å². The second-order valence-corrected chi connectivity index (χ2v) is 7.50. The summed E-state index contributed by atoms with van der Waals surface area (Å²) in [5.41, 5.74) is 6.50. The van der Waals surface area contributed by atoms with Crippen LogP contribution in [0.25, 0.3) is 0 Å². The zero-order valence-corrected chi connectivity index (χ0v) is 13.7. The molecular weight excluding hydrogens is 354 g/mol. The van der Waals surface area contributed by atoms with Crippen LogP contribution in [-0.2, 0) is 16.4 Å². The fraction of sp³-hybridized carbons (Fsp3) is 0.200. The molecule has 0 saturated heterocycles. The van der Waals surface area contributed by atoms with Gasteiger partial charge in [-0.2, -0.15) is 0 Å². The van der Waals surface area contributed by atoms with E-state index in [1.54, 1.807) is 30.3 Å². The minimum absolute atomic E-state index is 0.0680. The summed E-state index contributed by atoms with van der Waals surface area (Å²) < 4.78 is 30.6. The van der Waals surface area contributed by atoms with Gasteiger partial charge in [-0.3, -0.25) is 0 Å². The molecule has 2 rings (SSSR count). The lowest BCUT2D eigenvalue weighted by Gasteiger charge is -2.08. The normalized spacial score (nSPS) is 11.3. The zero-order valence-electron chi connectivity index (χ0n) is 11.3. The van der Waals surface area contributed by atoms with Crippen molar-refractivity contribution in [3.63, 3.8) is 0 Å². The molecule has 0 bridgehead atoms. The van der Waals surface area contributed by atoms with Crippen LogP contribution >= 0.6 is 15.9 Å². The van der Waals surface area contributed by atoms with Crippen LogP contribution in [0.1, 0.15) is 5.56 Å². The van der Waals surface area contributed by atoms with E-state index in [4.69, 9.17) is 10.5 Å². The van der Waals surface area contributed by atoms with Crippen molar-refractivity contribution in [2.24, 2.45) is 5.73 Å². The van der Waals surface area contributed by atoms with E-state index < -0.39 is 9.84 Å². The summed E-state index contributed by atoms with van der Waals surface area (Å²) in [6.07, 6.45) is 0. The fourth-order valence-corrected chi connectivity index (χ4v) is 3.14. The number of benzene rings is 2. The third kappa shape index (κ3) is 4.56. The standard InChI is InChI=1S/C15H16BrNO3S/c16-13-4-6-15(7-5-13)21(18,19)9-8-20-14-3-1-2-12(10-14)11-17/h1-7,10H,8-9,11,17H2. The predicted octanol–water partition coefficient (Wildman–Crippen LogP) is 2.76. The molecular formula is C15H16BrNO3S. The Bertz CT molecular complexity index is 699. The molecule has 0 saturated carbocycles. The molecule has 2 aromatic carbocycles. The third-order valence-corrected chi connectivity index (χ3v) is 5.15. The van der Waals surface area contributed by atoms with E-state index in [2.05, 4.69) is 15.9 Å². The van der Waals surface area contributed by atoms with E-state index in [-0.39, 0.29) is 12.4 Å². The van der Waals surface area contributed by atoms with E-state index in [0.29, 0.717) is 17.2 Å². The molecule has 0 spiro atoms. The number of halogens is 1. The second kappa shape index (κ2) is 7.06. The van der Waals surface area contributed by atoms with Crippen LogP contribution in [0, 0.1) is 0 Å². The number of rotatable bonds is 6. The van der Waals surface area contributed by atoms with Gasteiger partial charge in [0.1, 0.15) is 12.4 Å². The smallest absolute Gasteiger partial charge is 0.181 e. The summed E-state index contributed by atoms with van der Waals surface area (Å²) in [4.78, 5) is 0.296. The van der Waals surface area contributed by atoms with Crippen LogP contribution in [-0.4, -0.2) is 20.8 Å². The average molecular weight is 370 g/mol. The molecule has 21 heavy (non-hydrogen) atoms. The van der Waals surface area contributed by atoms with Crippen LogP contribution in [0.3, 0.4) is 0 Å². The van der Waals surface area contributed by atoms with Gasteiger partial charge in [0.15, 0.2) is 9.84 Å². The Hall–Kier alpha value is -1.37. The fourth-order valence-electron chi connectivity index (χ4n) is 1.79. The van der Waals surface area contributed by atoms with Gasteiger partial charge >= 0.3 is 0 Å². The van der Waals surface area contributed by atoms with Gasteiger partial charge in [0.2, 0.25) is 0 Å². The number of sulfone groups is 1. The van der Waals surface area contributed by atoms with Crippen molar-refractivity contribution in [3.8, 4) is 5.75 Å². The highest BCUT2D eigenvalue weighted by atomic mass is 79.9. The predicted molar refractivity (Wildman–Crippen MR) is 86.0 cm³/mol. The Morgan fingerprint density at radius 1 is 1.10 bits per heavy atom. The van der Waals surface area contributed by atoms with Crippen LogP contribution in [0.5, 0.6) is 5.75 Å². The molecule has 0 radical (unpaired) electrons. The van der Waals surface area contributed by atoms with Crippen molar-refractivity contribution in [2.45, 2.75) is 11.4 Å². The van der Waals surface area contributed by atoms with Crippen molar-refractivity contribution in [1.29, 1.82) is 0 Å². The van der Waals surface area contributed by atoms with Crippen LogP contribution in [0.4, 0.5) is 0 Å². The number of hydrogen-bond acceptors (Lipinski definition) is 4. The first-order valence-electron chi connectivity index (χ1n) is 6.41. The van der Waals surface area contributed by atoms with Crippen molar-refractivity contribution >= 4 is 25.8 Å². The molecule has 0 amide bonds. The number of nitrogens with two attached hydrogens (primary N) is 1. The lowest BCUT2D eigenvalue weighted by molar-refractivity contribution is 0.340. The highest BCUT2D eigenvalue weighted by Crippen LogP contribution is 2.17. The first-order chi connectivity index (χ1) is 10.0. The Labute approximate surface area is 133 Å². The molecule has 0 heterocycles. The van der Waals surface area contributed by atoms with Crippen molar-refractivity contribution < 1.29 is 13.2 Å². The first kappa shape index (κ1) is 16.0. The van der Waals surface area contributed by atoms with Crippen LogP contribution in [0.2, 0.25) is 0 Å². The second-order valence-electron chi connectivity index (χ2n) is 4.47. The molecule has 0 aliphatic heterocycles. The lowest BCUT2D eigenvalue weighted by atomic mass is 10.2. The summed E-state index contributed by atoms with van der Waals surface area (Å²) in [7, 11) is -3.33. The number of ether oxygens (including phenoxy) is 1. The third-order valence-electron chi connectivity index (χ3n) is 2.93. The molecule has 112 valence electrons. The molecule has 0 atom stereocenters. The summed E-state index contributed by atoms with van der Waals surface area (Å²) in [6.45, 7) is 0.529. The molecule has 4 nitrogen and oxygen atoms in total. The molecule has 0 unspecified atom stereocenters. The number of hydrogen-bond donors (Lipinski definition) is 1. The van der Waals surface area contributed by atoms with Crippen LogP contribution < -0.4 is 10.5 Å².